The number of phenols is 1. The summed E-state index contributed by atoms with van der Waals surface area (Å²) in [6.45, 7) is 14.6. The van der Waals surface area contributed by atoms with E-state index < -0.39 is 5.41 Å². The summed E-state index contributed by atoms with van der Waals surface area (Å²) in [5.74, 6) is 0.376. The molecule has 0 heterocycles. The number of hydrogen-bond donors (Lipinski definition) is 1. The predicted octanol–water partition coefficient (Wildman–Crippen LogP) is 5.69. The quantitative estimate of drug-likeness (QED) is 0.718. The molecule has 0 amide bonds. The van der Waals surface area contributed by atoms with Gasteiger partial charge in [-0.25, -0.2) is 0 Å². The van der Waals surface area contributed by atoms with Gasteiger partial charge in [0.25, 0.3) is 0 Å². The first kappa shape index (κ1) is 20.2. The Bertz CT molecular complexity index is 741. The van der Waals surface area contributed by atoms with Crippen molar-refractivity contribution in [2.24, 2.45) is 0 Å². The van der Waals surface area contributed by atoms with E-state index in [0.717, 1.165) is 28.5 Å². The average Bonchev–Trinajstić information content (AvgIpc) is 2.55. The molecule has 1 N–H and O–H groups in total. The lowest BCUT2D eigenvalue weighted by Crippen LogP contribution is -2.27. The molecule has 2 aromatic carbocycles. The summed E-state index contributed by atoms with van der Waals surface area (Å²) in [5, 5.41) is 10.9. The minimum Gasteiger partial charge on any atom is -0.507 e. The summed E-state index contributed by atoms with van der Waals surface area (Å²) in [6, 6.07) is 14.0. The first-order chi connectivity index (χ1) is 11.9. The van der Waals surface area contributed by atoms with E-state index in [9.17, 15) is 9.90 Å². The van der Waals surface area contributed by atoms with Crippen LogP contribution in [0.25, 0.3) is 0 Å². The Morgan fingerprint density at radius 1 is 0.846 bits per heavy atom. The second-order valence-corrected chi connectivity index (χ2v) is 9.62. The minimum absolute atomic E-state index is 0.176. The number of phenolic OH excluding ortho intramolecular Hbond substituents is 1. The van der Waals surface area contributed by atoms with Crippen LogP contribution in [-0.2, 0) is 27.5 Å². The summed E-state index contributed by atoms with van der Waals surface area (Å²) >= 11 is 0. The van der Waals surface area contributed by atoms with Crippen molar-refractivity contribution in [3.05, 3.63) is 64.7 Å². The maximum absolute atomic E-state index is 12.0. The molecular formula is C24H32O2. The predicted molar refractivity (Wildman–Crippen MR) is 109 cm³/mol. The molecule has 0 aromatic heterocycles. The van der Waals surface area contributed by atoms with Gasteiger partial charge in [-0.1, -0.05) is 84.0 Å². The Morgan fingerprint density at radius 2 is 1.31 bits per heavy atom. The Labute approximate surface area is 158 Å². The Hall–Kier alpha value is -2.09. The van der Waals surface area contributed by atoms with Crippen LogP contribution >= 0.6 is 0 Å². The van der Waals surface area contributed by atoms with Gasteiger partial charge in [0.1, 0.15) is 12.0 Å². The molecule has 0 spiro atoms. The van der Waals surface area contributed by atoms with Crippen molar-refractivity contribution in [2.75, 3.05) is 0 Å². The third kappa shape index (κ3) is 4.17. The molecular weight excluding hydrogens is 320 g/mol. The van der Waals surface area contributed by atoms with E-state index in [4.69, 9.17) is 0 Å². The molecule has 0 radical (unpaired) electrons. The van der Waals surface area contributed by atoms with Gasteiger partial charge in [-0.3, -0.25) is 0 Å². The second-order valence-electron chi connectivity index (χ2n) is 9.62. The molecule has 26 heavy (non-hydrogen) atoms. The van der Waals surface area contributed by atoms with Gasteiger partial charge in [-0.15, -0.1) is 0 Å². The van der Waals surface area contributed by atoms with Crippen LogP contribution in [0.4, 0.5) is 0 Å². The molecule has 0 fully saturated rings. The van der Waals surface area contributed by atoms with Crippen LogP contribution in [0.2, 0.25) is 0 Å². The maximum Gasteiger partial charge on any atom is 0.130 e. The summed E-state index contributed by atoms with van der Waals surface area (Å²) in [4.78, 5) is 12.0. The SMILES string of the molecule is CC(C)(C)c1cc(CC(C)(C=O)c2ccccc2)cc(C(C)(C)C)c1O. The van der Waals surface area contributed by atoms with Crippen LogP contribution in [0.5, 0.6) is 5.75 Å². The van der Waals surface area contributed by atoms with E-state index in [2.05, 4.69) is 53.7 Å². The van der Waals surface area contributed by atoms with Crippen LogP contribution in [0.1, 0.15) is 70.7 Å². The molecule has 1 unspecified atom stereocenters. The van der Waals surface area contributed by atoms with Crippen molar-refractivity contribution in [1.29, 1.82) is 0 Å². The highest BCUT2D eigenvalue weighted by atomic mass is 16.3. The number of rotatable bonds is 4. The highest BCUT2D eigenvalue weighted by Gasteiger charge is 2.30. The van der Waals surface area contributed by atoms with Crippen LogP contribution in [0.3, 0.4) is 0 Å². The van der Waals surface area contributed by atoms with E-state index in [1.807, 2.05) is 37.3 Å². The zero-order valence-corrected chi connectivity index (χ0v) is 17.2. The number of carbonyl (C=O) groups excluding carboxylic acids is 1. The van der Waals surface area contributed by atoms with Crippen LogP contribution < -0.4 is 0 Å². The number of benzene rings is 2. The standard InChI is InChI=1S/C24H32O2/c1-22(2,3)19-13-17(14-20(21(19)26)23(4,5)6)15-24(7,16-25)18-11-9-8-10-12-18/h8-14,16,26H,15H2,1-7H3. The lowest BCUT2D eigenvalue weighted by molar-refractivity contribution is -0.112. The summed E-state index contributed by atoms with van der Waals surface area (Å²) in [7, 11) is 0. The van der Waals surface area contributed by atoms with E-state index in [0.29, 0.717) is 12.2 Å². The van der Waals surface area contributed by atoms with E-state index in [1.54, 1.807) is 0 Å². The van der Waals surface area contributed by atoms with Crippen molar-refractivity contribution in [2.45, 2.75) is 71.1 Å². The highest BCUT2D eigenvalue weighted by molar-refractivity contribution is 5.69. The van der Waals surface area contributed by atoms with Gasteiger partial charge < -0.3 is 9.90 Å². The van der Waals surface area contributed by atoms with Gasteiger partial charge in [0.2, 0.25) is 0 Å². The number of aldehydes is 1. The van der Waals surface area contributed by atoms with Crippen molar-refractivity contribution >= 4 is 6.29 Å². The van der Waals surface area contributed by atoms with E-state index in [1.165, 1.54) is 0 Å². The third-order valence-corrected chi connectivity index (χ3v) is 5.05. The van der Waals surface area contributed by atoms with Crippen LogP contribution in [0.15, 0.2) is 42.5 Å². The molecule has 0 saturated carbocycles. The molecule has 2 nitrogen and oxygen atoms in total. The molecule has 2 heteroatoms. The number of carbonyl (C=O) groups is 1. The van der Waals surface area contributed by atoms with Gasteiger partial charge in [-0.2, -0.15) is 0 Å². The Balaban J connectivity index is 2.61. The molecule has 2 aromatic rings. The summed E-state index contributed by atoms with van der Waals surface area (Å²) in [6.07, 6.45) is 1.65. The fraction of sp³-hybridized carbons (Fsp3) is 0.458. The molecule has 140 valence electrons. The third-order valence-electron chi connectivity index (χ3n) is 5.05. The molecule has 0 bridgehead atoms. The lowest BCUT2D eigenvalue weighted by Gasteiger charge is -2.30. The Morgan fingerprint density at radius 3 is 1.69 bits per heavy atom. The smallest absolute Gasteiger partial charge is 0.130 e. The van der Waals surface area contributed by atoms with Gasteiger partial charge >= 0.3 is 0 Å². The number of hydrogen-bond acceptors (Lipinski definition) is 2. The molecule has 0 aliphatic rings. The van der Waals surface area contributed by atoms with Crippen molar-refractivity contribution in [1.82, 2.24) is 0 Å². The van der Waals surface area contributed by atoms with E-state index in [-0.39, 0.29) is 10.8 Å². The first-order valence-electron chi connectivity index (χ1n) is 9.27. The molecule has 2 rings (SSSR count). The molecule has 0 aliphatic heterocycles. The fourth-order valence-corrected chi connectivity index (χ4v) is 3.39. The minimum atomic E-state index is -0.595. The lowest BCUT2D eigenvalue weighted by atomic mass is 9.74. The average molecular weight is 353 g/mol. The van der Waals surface area contributed by atoms with Crippen molar-refractivity contribution in [3.8, 4) is 5.75 Å². The maximum atomic E-state index is 12.0. The number of aromatic hydroxyl groups is 1. The zero-order valence-electron chi connectivity index (χ0n) is 17.2. The first-order valence-corrected chi connectivity index (χ1v) is 9.27. The highest BCUT2D eigenvalue weighted by Crippen LogP contribution is 2.41. The zero-order chi connectivity index (χ0) is 19.8. The van der Waals surface area contributed by atoms with E-state index >= 15 is 0 Å². The Kier molecular flexibility index (Phi) is 5.37. The van der Waals surface area contributed by atoms with Crippen LogP contribution in [0, 0.1) is 0 Å². The molecule has 0 aliphatic carbocycles. The second kappa shape index (κ2) is 6.90. The normalized spacial score (nSPS) is 14.7. The van der Waals surface area contributed by atoms with Crippen molar-refractivity contribution in [3.63, 3.8) is 0 Å². The van der Waals surface area contributed by atoms with Gasteiger partial charge in [0.05, 0.1) is 5.41 Å². The van der Waals surface area contributed by atoms with Crippen LogP contribution in [-0.4, -0.2) is 11.4 Å². The summed E-state index contributed by atoms with van der Waals surface area (Å²) in [5.41, 5.74) is 3.01. The largest absolute Gasteiger partial charge is 0.507 e. The molecule has 1 atom stereocenters. The van der Waals surface area contributed by atoms with Gasteiger partial charge in [0, 0.05) is 0 Å². The van der Waals surface area contributed by atoms with Crippen molar-refractivity contribution < 1.29 is 9.90 Å². The van der Waals surface area contributed by atoms with Gasteiger partial charge in [0.15, 0.2) is 0 Å². The van der Waals surface area contributed by atoms with Gasteiger partial charge in [-0.05, 0) is 46.4 Å². The molecule has 0 saturated heterocycles. The fourth-order valence-electron chi connectivity index (χ4n) is 3.39. The topological polar surface area (TPSA) is 37.3 Å². The monoisotopic (exact) mass is 352 g/mol. The summed E-state index contributed by atoms with van der Waals surface area (Å²) < 4.78 is 0.